The van der Waals surface area contributed by atoms with E-state index in [2.05, 4.69) is 40.6 Å². The summed E-state index contributed by atoms with van der Waals surface area (Å²) in [6.45, 7) is 4.30. The van der Waals surface area contributed by atoms with E-state index in [4.69, 9.17) is 4.74 Å². The SMILES string of the molecule is CCOc1cccc(CNCc2nc3ccccc3s2)c1. The number of nitrogens with one attached hydrogen (secondary N) is 1. The van der Waals surface area contributed by atoms with Crippen LogP contribution in [-0.4, -0.2) is 11.6 Å². The van der Waals surface area contributed by atoms with E-state index >= 15 is 0 Å². The van der Waals surface area contributed by atoms with Crippen LogP contribution in [0.25, 0.3) is 10.2 Å². The third-order valence-corrected chi connectivity index (χ3v) is 4.19. The molecule has 1 aromatic heterocycles. The standard InChI is InChI=1S/C17H18N2OS/c1-2-20-14-7-5-6-13(10-14)11-18-12-17-19-15-8-3-4-9-16(15)21-17/h3-10,18H,2,11-12H2,1H3. The molecule has 2 aromatic carbocycles. The maximum absolute atomic E-state index is 5.51. The van der Waals surface area contributed by atoms with Crippen molar-refractivity contribution in [3.05, 3.63) is 59.1 Å². The molecule has 0 amide bonds. The summed E-state index contributed by atoms with van der Waals surface area (Å²) < 4.78 is 6.76. The van der Waals surface area contributed by atoms with Gasteiger partial charge in [-0.2, -0.15) is 0 Å². The van der Waals surface area contributed by atoms with E-state index in [-0.39, 0.29) is 0 Å². The van der Waals surface area contributed by atoms with Crippen molar-refractivity contribution in [1.82, 2.24) is 10.3 Å². The van der Waals surface area contributed by atoms with Crippen LogP contribution >= 0.6 is 11.3 Å². The lowest BCUT2D eigenvalue weighted by Gasteiger charge is -2.06. The van der Waals surface area contributed by atoms with E-state index < -0.39 is 0 Å². The second-order valence-electron chi connectivity index (χ2n) is 4.76. The van der Waals surface area contributed by atoms with Gasteiger partial charge in [-0.05, 0) is 36.8 Å². The van der Waals surface area contributed by atoms with Gasteiger partial charge < -0.3 is 10.1 Å². The molecule has 3 rings (SSSR count). The fraction of sp³-hybridized carbons (Fsp3) is 0.235. The van der Waals surface area contributed by atoms with Gasteiger partial charge in [-0.1, -0.05) is 24.3 Å². The zero-order valence-electron chi connectivity index (χ0n) is 12.0. The fourth-order valence-electron chi connectivity index (χ4n) is 2.22. The lowest BCUT2D eigenvalue weighted by atomic mass is 10.2. The highest BCUT2D eigenvalue weighted by molar-refractivity contribution is 7.18. The number of ether oxygens (including phenoxy) is 1. The molecule has 0 aliphatic carbocycles. The lowest BCUT2D eigenvalue weighted by Crippen LogP contribution is -2.12. The summed E-state index contributed by atoms with van der Waals surface area (Å²) >= 11 is 1.75. The number of para-hydroxylation sites is 1. The summed E-state index contributed by atoms with van der Waals surface area (Å²) in [4.78, 5) is 4.62. The van der Waals surface area contributed by atoms with E-state index in [0.717, 1.165) is 29.4 Å². The Hall–Kier alpha value is -1.91. The fourth-order valence-corrected chi connectivity index (χ4v) is 3.16. The summed E-state index contributed by atoms with van der Waals surface area (Å²) in [6.07, 6.45) is 0. The third-order valence-electron chi connectivity index (χ3n) is 3.15. The minimum absolute atomic E-state index is 0.697. The van der Waals surface area contributed by atoms with Crippen LogP contribution in [-0.2, 0) is 13.1 Å². The Kier molecular flexibility index (Phi) is 4.48. The molecule has 108 valence electrons. The average molecular weight is 298 g/mol. The van der Waals surface area contributed by atoms with Crippen molar-refractivity contribution in [1.29, 1.82) is 0 Å². The smallest absolute Gasteiger partial charge is 0.119 e. The molecule has 0 radical (unpaired) electrons. The van der Waals surface area contributed by atoms with Crippen molar-refractivity contribution in [3.8, 4) is 5.75 Å². The third kappa shape index (κ3) is 3.60. The summed E-state index contributed by atoms with van der Waals surface area (Å²) in [5, 5.41) is 4.56. The normalized spacial score (nSPS) is 10.9. The molecule has 0 bridgehead atoms. The van der Waals surface area contributed by atoms with Crippen LogP contribution in [0.4, 0.5) is 0 Å². The molecule has 0 saturated heterocycles. The Morgan fingerprint density at radius 2 is 2.00 bits per heavy atom. The molecular weight excluding hydrogens is 280 g/mol. The van der Waals surface area contributed by atoms with Gasteiger partial charge in [-0.15, -0.1) is 11.3 Å². The largest absolute Gasteiger partial charge is 0.494 e. The molecule has 1 heterocycles. The second-order valence-corrected chi connectivity index (χ2v) is 5.87. The van der Waals surface area contributed by atoms with Crippen LogP contribution in [0.5, 0.6) is 5.75 Å². The first kappa shape index (κ1) is 14.0. The van der Waals surface area contributed by atoms with E-state index in [1.807, 2.05) is 25.1 Å². The second kappa shape index (κ2) is 6.70. The van der Waals surface area contributed by atoms with Crippen LogP contribution in [0.2, 0.25) is 0 Å². The molecular formula is C17H18N2OS. The highest BCUT2D eigenvalue weighted by Crippen LogP contribution is 2.21. The maximum Gasteiger partial charge on any atom is 0.119 e. The first-order valence-corrected chi connectivity index (χ1v) is 7.93. The molecule has 4 heteroatoms. The molecule has 0 aliphatic rings. The Morgan fingerprint density at radius 3 is 2.86 bits per heavy atom. The molecule has 0 saturated carbocycles. The van der Waals surface area contributed by atoms with Crippen molar-refractivity contribution < 1.29 is 4.74 Å². The zero-order chi connectivity index (χ0) is 14.5. The molecule has 0 atom stereocenters. The van der Waals surface area contributed by atoms with Crippen LogP contribution in [0.15, 0.2) is 48.5 Å². The predicted molar refractivity (Wildman–Crippen MR) is 87.8 cm³/mol. The predicted octanol–water partition coefficient (Wildman–Crippen LogP) is 3.98. The van der Waals surface area contributed by atoms with E-state index in [0.29, 0.717) is 6.61 Å². The van der Waals surface area contributed by atoms with Gasteiger partial charge in [-0.3, -0.25) is 0 Å². The number of thiazole rings is 1. The van der Waals surface area contributed by atoms with Crippen molar-refractivity contribution in [2.75, 3.05) is 6.61 Å². The molecule has 0 aliphatic heterocycles. The maximum atomic E-state index is 5.51. The van der Waals surface area contributed by atoms with E-state index in [9.17, 15) is 0 Å². The quantitative estimate of drug-likeness (QED) is 0.747. The molecule has 3 aromatic rings. The van der Waals surface area contributed by atoms with Crippen LogP contribution in [0.3, 0.4) is 0 Å². The lowest BCUT2D eigenvalue weighted by molar-refractivity contribution is 0.340. The Bertz CT molecular complexity index is 690. The summed E-state index contributed by atoms with van der Waals surface area (Å²) in [5.74, 6) is 0.928. The molecule has 0 spiro atoms. The first-order chi connectivity index (χ1) is 10.3. The number of fused-ring (bicyclic) bond motifs is 1. The molecule has 1 N–H and O–H groups in total. The van der Waals surface area contributed by atoms with Crippen LogP contribution < -0.4 is 10.1 Å². The first-order valence-electron chi connectivity index (χ1n) is 7.12. The van der Waals surface area contributed by atoms with Gasteiger partial charge in [-0.25, -0.2) is 4.98 Å². The van der Waals surface area contributed by atoms with Gasteiger partial charge in [0.05, 0.1) is 16.8 Å². The topological polar surface area (TPSA) is 34.1 Å². The monoisotopic (exact) mass is 298 g/mol. The summed E-state index contributed by atoms with van der Waals surface area (Å²) in [6, 6.07) is 16.4. The minimum atomic E-state index is 0.697. The van der Waals surface area contributed by atoms with Gasteiger partial charge in [0.2, 0.25) is 0 Å². The van der Waals surface area contributed by atoms with E-state index in [1.54, 1.807) is 11.3 Å². The van der Waals surface area contributed by atoms with Gasteiger partial charge in [0, 0.05) is 13.1 Å². The zero-order valence-corrected chi connectivity index (χ0v) is 12.8. The molecule has 0 unspecified atom stereocenters. The van der Waals surface area contributed by atoms with Gasteiger partial charge in [0.25, 0.3) is 0 Å². The molecule has 0 fully saturated rings. The molecule has 21 heavy (non-hydrogen) atoms. The summed E-state index contributed by atoms with van der Waals surface area (Å²) in [5.41, 5.74) is 2.31. The Labute approximate surface area is 128 Å². The number of benzene rings is 2. The molecule has 3 nitrogen and oxygen atoms in total. The van der Waals surface area contributed by atoms with Crippen LogP contribution in [0.1, 0.15) is 17.5 Å². The minimum Gasteiger partial charge on any atom is -0.494 e. The number of hydrogen-bond donors (Lipinski definition) is 1. The number of nitrogens with zero attached hydrogens (tertiary/aromatic N) is 1. The van der Waals surface area contributed by atoms with E-state index in [1.165, 1.54) is 10.3 Å². The average Bonchev–Trinajstić information content (AvgIpc) is 2.91. The van der Waals surface area contributed by atoms with Crippen LogP contribution in [0, 0.1) is 0 Å². The number of rotatable bonds is 6. The van der Waals surface area contributed by atoms with Crippen molar-refractivity contribution in [3.63, 3.8) is 0 Å². The Balaban J connectivity index is 1.59. The summed E-state index contributed by atoms with van der Waals surface area (Å²) in [7, 11) is 0. The highest BCUT2D eigenvalue weighted by Gasteiger charge is 2.03. The Morgan fingerprint density at radius 1 is 1.10 bits per heavy atom. The number of hydrogen-bond acceptors (Lipinski definition) is 4. The van der Waals surface area contributed by atoms with Crippen molar-refractivity contribution in [2.45, 2.75) is 20.0 Å². The van der Waals surface area contributed by atoms with Gasteiger partial charge in [0.15, 0.2) is 0 Å². The number of aromatic nitrogens is 1. The van der Waals surface area contributed by atoms with Gasteiger partial charge >= 0.3 is 0 Å². The van der Waals surface area contributed by atoms with Crippen molar-refractivity contribution in [2.24, 2.45) is 0 Å². The van der Waals surface area contributed by atoms with Gasteiger partial charge in [0.1, 0.15) is 10.8 Å². The highest BCUT2D eigenvalue weighted by atomic mass is 32.1. The van der Waals surface area contributed by atoms with Crippen molar-refractivity contribution >= 4 is 21.6 Å².